The molecule has 1 aliphatic heterocycles. The highest BCUT2D eigenvalue weighted by atomic mass is 16.3. The van der Waals surface area contributed by atoms with Crippen LogP contribution in [0.25, 0.3) is 0 Å². The van der Waals surface area contributed by atoms with Gasteiger partial charge in [0.05, 0.1) is 11.8 Å². The average Bonchev–Trinajstić information content (AvgIpc) is 2.98. The van der Waals surface area contributed by atoms with Crippen LogP contribution in [-0.2, 0) is 4.79 Å². The summed E-state index contributed by atoms with van der Waals surface area (Å²) in [5.41, 5.74) is 3.11. The first kappa shape index (κ1) is 18.2. The van der Waals surface area contributed by atoms with E-state index in [1.807, 2.05) is 43.0 Å². The molecule has 2 heterocycles. The predicted molar refractivity (Wildman–Crippen MR) is 101 cm³/mol. The van der Waals surface area contributed by atoms with Gasteiger partial charge in [0.2, 0.25) is 5.91 Å². The molecule has 1 saturated heterocycles. The zero-order valence-corrected chi connectivity index (χ0v) is 15.7. The maximum atomic E-state index is 13.3. The summed E-state index contributed by atoms with van der Waals surface area (Å²) in [4.78, 5) is 29.5. The summed E-state index contributed by atoms with van der Waals surface area (Å²) in [5, 5.41) is 0. The smallest absolute Gasteiger partial charge is 0.262 e. The van der Waals surface area contributed by atoms with Crippen molar-refractivity contribution in [2.75, 3.05) is 24.5 Å². The molecule has 0 spiro atoms. The number of aryl methyl sites for hydroxylation is 3. The second-order valence-electron chi connectivity index (χ2n) is 7.02. The van der Waals surface area contributed by atoms with Gasteiger partial charge < -0.3 is 9.32 Å². The molecule has 1 aliphatic rings. The topological polar surface area (TPSA) is 53.8 Å². The van der Waals surface area contributed by atoms with E-state index in [-0.39, 0.29) is 18.4 Å². The first-order chi connectivity index (χ1) is 12.5. The highest BCUT2D eigenvalue weighted by molar-refractivity contribution is 6.10. The predicted octanol–water partition coefficient (Wildman–Crippen LogP) is 3.86. The van der Waals surface area contributed by atoms with Crippen LogP contribution in [0, 0.1) is 20.8 Å². The number of benzene rings is 1. The number of piperidine rings is 1. The molecule has 2 aromatic rings. The van der Waals surface area contributed by atoms with Gasteiger partial charge in [-0.1, -0.05) is 12.1 Å². The molecule has 1 aromatic heterocycles. The van der Waals surface area contributed by atoms with Crippen molar-refractivity contribution in [3.05, 3.63) is 53.0 Å². The molecule has 0 atom stereocenters. The average molecular weight is 354 g/mol. The van der Waals surface area contributed by atoms with Gasteiger partial charge in [-0.3, -0.25) is 14.5 Å². The minimum Gasteiger partial charge on any atom is -0.469 e. The summed E-state index contributed by atoms with van der Waals surface area (Å²) in [6, 6.07) is 7.70. The molecule has 1 fully saturated rings. The minimum atomic E-state index is -0.190. The zero-order chi connectivity index (χ0) is 18.7. The van der Waals surface area contributed by atoms with E-state index in [1.165, 1.54) is 0 Å². The monoisotopic (exact) mass is 354 g/mol. The van der Waals surface area contributed by atoms with Crippen molar-refractivity contribution in [1.29, 1.82) is 0 Å². The van der Waals surface area contributed by atoms with Gasteiger partial charge in [-0.2, -0.15) is 0 Å². The lowest BCUT2D eigenvalue weighted by Gasteiger charge is -2.30. The molecule has 5 nitrogen and oxygen atoms in total. The quantitative estimate of drug-likeness (QED) is 0.838. The molecular formula is C21H26N2O3. The van der Waals surface area contributed by atoms with Crippen molar-refractivity contribution in [3.63, 3.8) is 0 Å². The lowest BCUT2D eigenvalue weighted by atomic mass is 10.1. The fourth-order valence-electron chi connectivity index (χ4n) is 3.48. The zero-order valence-electron chi connectivity index (χ0n) is 15.7. The standard InChI is InChI=1S/C21H26N2O3/c1-15-8-7-9-18(12-15)23(13-19(24)22-10-5-4-6-11-22)21(25)20-16(2)14-26-17(20)3/h7-9,12,14H,4-6,10-11,13H2,1-3H3. The van der Waals surface area contributed by atoms with E-state index in [1.54, 1.807) is 18.1 Å². The number of hydrogen-bond donors (Lipinski definition) is 0. The van der Waals surface area contributed by atoms with Gasteiger partial charge in [-0.05, 0) is 57.7 Å². The summed E-state index contributed by atoms with van der Waals surface area (Å²) in [7, 11) is 0. The van der Waals surface area contributed by atoms with Gasteiger partial charge in [-0.25, -0.2) is 0 Å². The first-order valence-electron chi connectivity index (χ1n) is 9.18. The Morgan fingerprint density at radius 1 is 1.12 bits per heavy atom. The normalized spacial score (nSPS) is 14.3. The summed E-state index contributed by atoms with van der Waals surface area (Å²) < 4.78 is 5.40. The lowest BCUT2D eigenvalue weighted by molar-refractivity contribution is -0.130. The number of likely N-dealkylation sites (tertiary alicyclic amines) is 1. The maximum absolute atomic E-state index is 13.3. The molecule has 2 amide bonds. The molecule has 0 saturated carbocycles. The van der Waals surface area contributed by atoms with E-state index in [2.05, 4.69) is 0 Å². The Morgan fingerprint density at radius 2 is 1.85 bits per heavy atom. The van der Waals surface area contributed by atoms with Gasteiger partial charge in [0.1, 0.15) is 12.3 Å². The molecule has 3 rings (SSSR count). The van der Waals surface area contributed by atoms with Crippen LogP contribution >= 0.6 is 0 Å². The molecule has 26 heavy (non-hydrogen) atoms. The Bertz CT molecular complexity index is 784. The van der Waals surface area contributed by atoms with Crippen LogP contribution in [0.5, 0.6) is 0 Å². The second kappa shape index (κ2) is 7.77. The number of carbonyl (C=O) groups excluding carboxylic acids is 2. The van der Waals surface area contributed by atoms with Crippen LogP contribution in [0.1, 0.15) is 46.5 Å². The molecule has 0 N–H and O–H groups in total. The third-order valence-corrected chi connectivity index (χ3v) is 4.93. The molecule has 138 valence electrons. The fraction of sp³-hybridized carbons (Fsp3) is 0.429. The number of furan rings is 1. The van der Waals surface area contributed by atoms with E-state index in [9.17, 15) is 9.59 Å². The molecule has 1 aromatic carbocycles. The third-order valence-electron chi connectivity index (χ3n) is 4.93. The van der Waals surface area contributed by atoms with Crippen LogP contribution < -0.4 is 4.90 Å². The fourth-order valence-corrected chi connectivity index (χ4v) is 3.48. The van der Waals surface area contributed by atoms with Crippen LogP contribution in [0.2, 0.25) is 0 Å². The Labute approximate surface area is 154 Å². The number of carbonyl (C=O) groups is 2. The number of amides is 2. The van der Waals surface area contributed by atoms with E-state index in [0.717, 1.165) is 49.2 Å². The summed E-state index contributed by atoms with van der Waals surface area (Å²) in [5.74, 6) is 0.388. The van der Waals surface area contributed by atoms with Gasteiger partial charge >= 0.3 is 0 Å². The first-order valence-corrected chi connectivity index (χ1v) is 9.18. The van der Waals surface area contributed by atoms with Crippen molar-refractivity contribution < 1.29 is 14.0 Å². The van der Waals surface area contributed by atoms with Crippen molar-refractivity contribution in [2.24, 2.45) is 0 Å². The number of rotatable bonds is 4. The van der Waals surface area contributed by atoms with Crippen molar-refractivity contribution in [1.82, 2.24) is 4.90 Å². The second-order valence-corrected chi connectivity index (χ2v) is 7.02. The minimum absolute atomic E-state index is 0.00152. The van der Waals surface area contributed by atoms with Gasteiger partial charge in [-0.15, -0.1) is 0 Å². The van der Waals surface area contributed by atoms with Gasteiger partial charge in [0.25, 0.3) is 5.91 Å². The van der Waals surface area contributed by atoms with Crippen LogP contribution in [0.15, 0.2) is 34.9 Å². The highest BCUT2D eigenvalue weighted by Gasteiger charge is 2.27. The molecule has 0 radical (unpaired) electrons. The Balaban J connectivity index is 1.91. The summed E-state index contributed by atoms with van der Waals surface area (Å²) >= 11 is 0. The lowest BCUT2D eigenvalue weighted by Crippen LogP contribution is -2.45. The summed E-state index contributed by atoms with van der Waals surface area (Å²) in [6.45, 7) is 7.21. The van der Waals surface area contributed by atoms with Crippen LogP contribution in [0.4, 0.5) is 5.69 Å². The molecule has 5 heteroatoms. The van der Waals surface area contributed by atoms with Gasteiger partial charge in [0.15, 0.2) is 0 Å². The van der Waals surface area contributed by atoms with Gasteiger partial charge in [0, 0.05) is 24.3 Å². The molecule has 0 unspecified atom stereocenters. The van der Waals surface area contributed by atoms with Crippen LogP contribution in [0.3, 0.4) is 0 Å². The highest BCUT2D eigenvalue weighted by Crippen LogP contribution is 2.24. The van der Waals surface area contributed by atoms with Crippen molar-refractivity contribution >= 4 is 17.5 Å². The van der Waals surface area contributed by atoms with Crippen LogP contribution in [-0.4, -0.2) is 36.3 Å². The van der Waals surface area contributed by atoms with E-state index < -0.39 is 0 Å². The van der Waals surface area contributed by atoms with Crippen molar-refractivity contribution in [3.8, 4) is 0 Å². The molecule has 0 aliphatic carbocycles. The largest absolute Gasteiger partial charge is 0.469 e. The third kappa shape index (κ3) is 3.82. The van der Waals surface area contributed by atoms with Crippen molar-refractivity contribution in [2.45, 2.75) is 40.0 Å². The van der Waals surface area contributed by atoms with E-state index in [4.69, 9.17) is 4.42 Å². The Morgan fingerprint density at radius 3 is 2.46 bits per heavy atom. The number of hydrogen-bond acceptors (Lipinski definition) is 3. The Kier molecular flexibility index (Phi) is 5.45. The molecular weight excluding hydrogens is 328 g/mol. The number of nitrogens with zero attached hydrogens (tertiary/aromatic N) is 2. The van der Waals surface area contributed by atoms with E-state index >= 15 is 0 Å². The SMILES string of the molecule is Cc1cccc(N(CC(=O)N2CCCCC2)C(=O)c2c(C)coc2C)c1. The number of anilines is 1. The molecule has 0 bridgehead atoms. The maximum Gasteiger partial charge on any atom is 0.262 e. The van der Waals surface area contributed by atoms with E-state index in [0.29, 0.717) is 11.3 Å². The Hall–Kier alpha value is -2.56. The summed E-state index contributed by atoms with van der Waals surface area (Å²) in [6.07, 6.45) is 4.81.